The number of hydrogen-bond donors (Lipinski definition) is 1. The van der Waals surface area contributed by atoms with Crippen molar-refractivity contribution in [1.29, 1.82) is 5.26 Å². The Bertz CT molecular complexity index is 793. The summed E-state index contributed by atoms with van der Waals surface area (Å²) in [5, 5.41) is 12.0. The average Bonchev–Trinajstić information content (AvgIpc) is 2.53. The van der Waals surface area contributed by atoms with Crippen LogP contribution < -0.4 is 5.32 Å². The lowest BCUT2D eigenvalue weighted by molar-refractivity contribution is -0.123. The molecule has 0 saturated heterocycles. The van der Waals surface area contributed by atoms with E-state index in [1.54, 1.807) is 0 Å². The summed E-state index contributed by atoms with van der Waals surface area (Å²) in [6.07, 6.45) is -1.02. The van der Waals surface area contributed by atoms with Crippen LogP contribution in [0.2, 0.25) is 10.0 Å². The molecule has 2 aromatic rings. The maximum atomic E-state index is 12.1. The number of amides is 1. The van der Waals surface area contributed by atoms with Gasteiger partial charge >= 0.3 is 5.97 Å². The third-order valence-electron chi connectivity index (χ3n) is 3.03. The number of nitrogens with zero attached hydrogens (tertiary/aromatic N) is 1. The monoisotopic (exact) mass is 362 g/mol. The Morgan fingerprint density at radius 3 is 2.25 bits per heavy atom. The molecule has 0 spiro atoms. The molecule has 0 heterocycles. The van der Waals surface area contributed by atoms with Gasteiger partial charge in [-0.25, -0.2) is 4.79 Å². The lowest BCUT2D eigenvalue weighted by Crippen LogP contribution is -2.30. The van der Waals surface area contributed by atoms with Gasteiger partial charge in [0.05, 0.1) is 17.2 Å². The van der Waals surface area contributed by atoms with Crippen molar-refractivity contribution < 1.29 is 14.3 Å². The zero-order chi connectivity index (χ0) is 17.7. The molecule has 0 bridgehead atoms. The first-order valence-electron chi connectivity index (χ1n) is 6.87. The summed E-state index contributed by atoms with van der Waals surface area (Å²) in [5.74, 6) is -1.18. The van der Waals surface area contributed by atoms with Crippen molar-refractivity contribution in [1.82, 2.24) is 0 Å². The number of nitrogens with one attached hydrogen (secondary N) is 1. The van der Waals surface area contributed by atoms with Crippen LogP contribution in [-0.4, -0.2) is 18.0 Å². The summed E-state index contributed by atoms with van der Waals surface area (Å²) in [6.45, 7) is 1.45. The first-order chi connectivity index (χ1) is 11.4. The topological polar surface area (TPSA) is 79.2 Å². The van der Waals surface area contributed by atoms with E-state index in [1.165, 1.54) is 49.4 Å². The summed E-state index contributed by atoms with van der Waals surface area (Å²) >= 11 is 11.7. The zero-order valence-corrected chi connectivity index (χ0v) is 14.1. The number of rotatable bonds is 4. The predicted molar refractivity (Wildman–Crippen MR) is 91.1 cm³/mol. The van der Waals surface area contributed by atoms with Gasteiger partial charge in [-0.3, -0.25) is 4.79 Å². The Morgan fingerprint density at radius 2 is 1.71 bits per heavy atom. The fraction of sp³-hybridized carbons (Fsp3) is 0.118. The number of ether oxygens (including phenoxy) is 1. The van der Waals surface area contributed by atoms with E-state index in [4.69, 9.17) is 33.2 Å². The summed E-state index contributed by atoms with van der Waals surface area (Å²) in [6, 6.07) is 12.5. The highest BCUT2D eigenvalue weighted by Gasteiger charge is 2.19. The molecule has 2 aromatic carbocycles. The van der Waals surface area contributed by atoms with E-state index in [0.717, 1.165) is 0 Å². The van der Waals surface area contributed by atoms with E-state index in [1.807, 2.05) is 6.07 Å². The molecule has 122 valence electrons. The van der Waals surface area contributed by atoms with Crippen LogP contribution in [-0.2, 0) is 9.53 Å². The van der Waals surface area contributed by atoms with Gasteiger partial charge in [0.25, 0.3) is 5.91 Å². The number of benzene rings is 2. The summed E-state index contributed by atoms with van der Waals surface area (Å²) in [5.41, 5.74) is 1.08. The molecule has 0 saturated carbocycles. The Labute approximate surface area is 148 Å². The highest BCUT2D eigenvalue weighted by molar-refractivity contribution is 6.35. The van der Waals surface area contributed by atoms with Gasteiger partial charge in [-0.05, 0) is 49.4 Å². The van der Waals surface area contributed by atoms with Crippen LogP contribution in [0.3, 0.4) is 0 Å². The molecule has 0 aliphatic carbocycles. The third-order valence-corrected chi connectivity index (χ3v) is 3.47. The molecule has 7 heteroatoms. The molecule has 1 atom stereocenters. The van der Waals surface area contributed by atoms with Crippen molar-refractivity contribution in [2.24, 2.45) is 0 Å². The van der Waals surface area contributed by atoms with Crippen LogP contribution in [0.25, 0.3) is 0 Å². The van der Waals surface area contributed by atoms with E-state index < -0.39 is 18.0 Å². The van der Waals surface area contributed by atoms with Gasteiger partial charge in [-0.2, -0.15) is 5.26 Å². The second kappa shape index (κ2) is 7.82. The van der Waals surface area contributed by atoms with E-state index in [2.05, 4.69) is 5.32 Å². The van der Waals surface area contributed by atoms with Crippen LogP contribution in [0, 0.1) is 11.3 Å². The van der Waals surface area contributed by atoms with Crippen molar-refractivity contribution in [3.8, 4) is 6.07 Å². The molecule has 24 heavy (non-hydrogen) atoms. The van der Waals surface area contributed by atoms with E-state index in [0.29, 0.717) is 21.3 Å². The molecule has 0 aliphatic heterocycles. The van der Waals surface area contributed by atoms with Crippen LogP contribution >= 0.6 is 23.2 Å². The molecular weight excluding hydrogens is 351 g/mol. The molecule has 0 fully saturated rings. The fourth-order valence-electron chi connectivity index (χ4n) is 1.83. The summed E-state index contributed by atoms with van der Waals surface area (Å²) < 4.78 is 5.10. The first kappa shape index (κ1) is 17.8. The molecule has 1 unspecified atom stereocenters. The Hall–Kier alpha value is -2.55. The lowest BCUT2D eigenvalue weighted by Gasteiger charge is -2.14. The van der Waals surface area contributed by atoms with Gasteiger partial charge in [0.2, 0.25) is 0 Å². The number of carbonyl (C=O) groups excluding carboxylic acids is 2. The van der Waals surface area contributed by atoms with Gasteiger partial charge in [-0.15, -0.1) is 0 Å². The van der Waals surface area contributed by atoms with Crippen molar-refractivity contribution in [3.63, 3.8) is 0 Å². The Morgan fingerprint density at radius 1 is 1.12 bits per heavy atom. The summed E-state index contributed by atoms with van der Waals surface area (Å²) in [7, 11) is 0. The molecule has 2 rings (SSSR count). The highest BCUT2D eigenvalue weighted by Crippen LogP contribution is 2.22. The first-order valence-corrected chi connectivity index (χ1v) is 7.63. The molecule has 0 aliphatic rings. The van der Waals surface area contributed by atoms with Crippen LogP contribution in [0.5, 0.6) is 0 Å². The van der Waals surface area contributed by atoms with Crippen LogP contribution in [0.15, 0.2) is 42.5 Å². The van der Waals surface area contributed by atoms with Crippen molar-refractivity contribution in [3.05, 3.63) is 63.6 Å². The number of anilines is 1. The van der Waals surface area contributed by atoms with Gasteiger partial charge in [0, 0.05) is 15.7 Å². The standard InChI is InChI=1S/C17H12Cl2N2O3/c1-10(16(22)21-15-7-13(18)6-14(19)8-15)24-17(23)12-4-2-11(9-20)3-5-12/h2-8,10H,1H3,(H,21,22). The molecule has 1 N–H and O–H groups in total. The van der Waals surface area contributed by atoms with Crippen LogP contribution in [0.4, 0.5) is 5.69 Å². The van der Waals surface area contributed by atoms with Crippen molar-refractivity contribution in [2.75, 3.05) is 5.32 Å². The van der Waals surface area contributed by atoms with Gasteiger partial charge < -0.3 is 10.1 Å². The zero-order valence-electron chi connectivity index (χ0n) is 12.5. The maximum Gasteiger partial charge on any atom is 0.338 e. The second-order valence-electron chi connectivity index (χ2n) is 4.88. The third kappa shape index (κ3) is 4.72. The minimum Gasteiger partial charge on any atom is -0.449 e. The highest BCUT2D eigenvalue weighted by atomic mass is 35.5. The predicted octanol–water partition coefficient (Wildman–Crippen LogP) is 4.05. The quantitative estimate of drug-likeness (QED) is 0.832. The largest absolute Gasteiger partial charge is 0.449 e. The minimum atomic E-state index is -1.02. The second-order valence-corrected chi connectivity index (χ2v) is 5.76. The molecule has 5 nitrogen and oxygen atoms in total. The SMILES string of the molecule is CC(OC(=O)c1ccc(C#N)cc1)C(=O)Nc1cc(Cl)cc(Cl)c1. The van der Waals surface area contributed by atoms with Gasteiger partial charge in [0.15, 0.2) is 6.10 Å². The number of esters is 1. The average molecular weight is 363 g/mol. The lowest BCUT2D eigenvalue weighted by atomic mass is 10.1. The number of carbonyl (C=O) groups is 2. The Balaban J connectivity index is 2.00. The molecule has 0 radical (unpaired) electrons. The van der Waals surface area contributed by atoms with Gasteiger partial charge in [0.1, 0.15) is 0 Å². The molecular formula is C17H12Cl2N2O3. The number of halogens is 2. The number of hydrogen-bond acceptors (Lipinski definition) is 4. The van der Waals surface area contributed by atoms with E-state index >= 15 is 0 Å². The molecule has 1 amide bonds. The van der Waals surface area contributed by atoms with Crippen LogP contribution in [0.1, 0.15) is 22.8 Å². The normalized spacial score (nSPS) is 11.2. The van der Waals surface area contributed by atoms with Crippen molar-refractivity contribution >= 4 is 40.8 Å². The van der Waals surface area contributed by atoms with Gasteiger partial charge in [-0.1, -0.05) is 23.2 Å². The molecule has 0 aromatic heterocycles. The smallest absolute Gasteiger partial charge is 0.338 e. The number of nitriles is 1. The fourth-order valence-corrected chi connectivity index (χ4v) is 2.36. The van der Waals surface area contributed by atoms with Crippen molar-refractivity contribution in [2.45, 2.75) is 13.0 Å². The van der Waals surface area contributed by atoms with E-state index in [9.17, 15) is 9.59 Å². The summed E-state index contributed by atoms with van der Waals surface area (Å²) in [4.78, 5) is 24.1. The minimum absolute atomic E-state index is 0.249. The Kier molecular flexibility index (Phi) is 5.80. The maximum absolute atomic E-state index is 12.1. The van der Waals surface area contributed by atoms with E-state index in [-0.39, 0.29) is 5.56 Å².